The number of benzene rings is 2. The molecular formula is C15H16N2O2S. The Labute approximate surface area is 119 Å². The van der Waals surface area contributed by atoms with Gasteiger partial charge in [-0.15, -0.1) is 0 Å². The summed E-state index contributed by atoms with van der Waals surface area (Å²) in [6, 6.07) is 14.6. The predicted molar refractivity (Wildman–Crippen MR) is 80.3 cm³/mol. The lowest BCUT2D eigenvalue weighted by Crippen LogP contribution is -2.19. The molecule has 0 heterocycles. The molecule has 0 radical (unpaired) electrons. The first-order valence-electron chi connectivity index (χ1n) is 6.16. The van der Waals surface area contributed by atoms with Crippen LogP contribution in [-0.4, -0.2) is 14.6 Å². The van der Waals surface area contributed by atoms with E-state index >= 15 is 0 Å². The highest BCUT2D eigenvalue weighted by Gasteiger charge is 2.15. The van der Waals surface area contributed by atoms with E-state index in [2.05, 4.69) is 9.93 Å². The van der Waals surface area contributed by atoms with Crippen molar-refractivity contribution in [1.82, 2.24) is 4.83 Å². The lowest BCUT2D eigenvalue weighted by Gasteiger charge is -2.07. The van der Waals surface area contributed by atoms with E-state index in [1.165, 1.54) is 6.21 Å². The summed E-state index contributed by atoms with van der Waals surface area (Å²) in [5.74, 6) is 0. The molecule has 0 fully saturated rings. The van der Waals surface area contributed by atoms with E-state index in [1.54, 1.807) is 19.1 Å². The van der Waals surface area contributed by atoms with Crippen molar-refractivity contribution in [2.75, 3.05) is 0 Å². The average molecular weight is 288 g/mol. The number of hydrazone groups is 1. The Bertz CT molecular complexity index is 723. The minimum Gasteiger partial charge on any atom is -0.200 e. The van der Waals surface area contributed by atoms with Crippen molar-refractivity contribution in [1.29, 1.82) is 0 Å². The van der Waals surface area contributed by atoms with Crippen molar-refractivity contribution >= 4 is 16.2 Å². The highest BCUT2D eigenvalue weighted by molar-refractivity contribution is 7.89. The van der Waals surface area contributed by atoms with Crippen molar-refractivity contribution in [3.63, 3.8) is 0 Å². The summed E-state index contributed by atoms with van der Waals surface area (Å²) in [4.78, 5) is 2.49. The maximum Gasteiger partial charge on any atom is 0.276 e. The summed E-state index contributed by atoms with van der Waals surface area (Å²) >= 11 is 0. The topological polar surface area (TPSA) is 58.5 Å². The first kappa shape index (κ1) is 14.3. The van der Waals surface area contributed by atoms with Crippen LogP contribution in [0.25, 0.3) is 0 Å². The van der Waals surface area contributed by atoms with Gasteiger partial charge in [0, 0.05) is 0 Å². The number of sulfonamides is 1. The fraction of sp³-hybridized carbons (Fsp3) is 0.133. The minimum atomic E-state index is -3.63. The predicted octanol–water partition coefficient (Wildman–Crippen LogP) is 2.62. The van der Waals surface area contributed by atoms with Gasteiger partial charge in [-0.25, -0.2) is 4.83 Å². The SMILES string of the molecule is Cc1ccc(C)c(S(=O)(=O)NN=Cc2ccccc2)c1. The maximum absolute atomic E-state index is 12.2. The summed E-state index contributed by atoms with van der Waals surface area (Å²) in [6.45, 7) is 3.61. The second kappa shape index (κ2) is 5.88. The summed E-state index contributed by atoms with van der Waals surface area (Å²) in [5.41, 5.74) is 2.41. The number of aryl methyl sites for hydroxylation is 2. The molecule has 2 rings (SSSR count). The van der Waals surface area contributed by atoms with Crippen LogP contribution in [0.3, 0.4) is 0 Å². The Kier molecular flexibility index (Phi) is 4.20. The number of hydrogen-bond acceptors (Lipinski definition) is 3. The highest BCUT2D eigenvalue weighted by atomic mass is 32.2. The van der Waals surface area contributed by atoms with Gasteiger partial charge in [0.25, 0.3) is 10.0 Å². The molecule has 1 N–H and O–H groups in total. The molecule has 0 atom stereocenters. The van der Waals surface area contributed by atoms with Crippen LogP contribution in [0, 0.1) is 13.8 Å². The lowest BCUT2D eigenvalue weighted by atomic mass is 10.2. The van der Waals surface area contributed by atoms with E-state index in [0.717, 1.165) is 11.1 Å². The molecule has 0 saturated heterocycles. The quantitative estimate of drug-likeness (QED) is 0.694. The molecule has 2 aromatic carbocycles. The van der Waals surface area contributed by atoms with Crippen LogP contribution in [0.5, 0.6) is 0 Å². The van der Waals surface area contributed by atoms with Crippen LogP contribution in [0.2, 0.25) is 0 Å². The minimum absolute atomic E-state index is 0.253. The maximum atomic E-state index is 12.2. The summed E-state index contributed by atoms with van der Waals surface area (Å²) in [5, 5.41) is 3.80. The van der Waals surface area contributed by atoms with Crippen molar-refractivity contribution in [3.05, 3.63) is 65.2 Å². The van der Waals surface area contributed by atoms with E-state index in [9.17, 15) is 8.42 Å². The molecule has 20 heavy (non-hydrogen) atoms. The van der Waals surface area contributed by atoms with Gasteiger partial charge in [-0.2, -0.15) is 13.5 Å². The largest absolute Gasteiger partial charge is 0.276 e. The van der Waals surface area contributed by atoms with Crippen molar-refractivity contribution in [2.45, 2.75) is 18.7 Å². The highest BCUT2D eigenvalue weighted by Crippen LogP contribution is 2.16. The van der Waals surface area contributed by atoms with Crippen LogP contribution in [0.4, 0.5) is 0 Å². The van der Waals surface area contributed by atoms with Gasteiger partial charge >= 0.3 is 0 Å². The fourth-order valence-corrected chi connectivity index (χ4v) is 2.88. The monoisotopic (exact) mass is 288 g/mol. The van der Waals surface area contributed by atoms with Gasteiger partial charge < -0.3 is 0 Å². The number of hydrogen-bond donors (Lipinski definition) is 1. The third-order valence-electron chi connectivity index (χ3n) is 2.82. The normalized spacial score (nSPS) is 11.7. The second-order valence-corrected chi connectivity index (χ2v) is 6.16. The zero-order valence-corrected chi connectivity index (χ0v) is 12.2. The molecule has 0 saturated carbocycles. The van der Waals surface area contributed by atoms with Gasteiger partial charge in [0.05, 0.1) is 11.1 Å². The van der Waals surface area contributed by atoms with E-state index in [1.807, 2.05) is 43.3 Å². The van der Waals surface area contributed by atoms with E-state index in [0.29, 0.717) is 5.56 Å². The van der Waals surface area contributed by atoms with E-state index in [4.69, 9.17) is 0 Å². The molecule has 0 aliphatic carbocycles. The Hall–Kier alpha value is -2.14. The average Bonchev–Trinajstić information content (AvgIpc) is 2.42. The molecule has 4 nitrogen and oxygen atoms in total. The van der Waals surface area contributed by atoms with Crippen molar-refractivity contribution in [3.8, 4) is 0 Å². The standard InChI is InChI=1S/C15H16N2O2S/c1-12-8-9-13(2)15(10-12)20(18,19)17-16-11-14-6-4-3-5-7-14/h3-11,17H,1-2H3. The molecule has 104 valence electrons. The molecule has 2 aromatic rings. The van der Waals surface area contributed by atoms with E-state index in [-0.39, 0.29) is 4.90 Å². The molecule has 0 aromatic heterocycles. The Morgan fingerprint density at radius 2 is 1.75 bits per heavy atom. The van der Waals surface area contributed by atoms with Gasteiger partial charge in [0.1, 0.15) is 0 Å². The van der Waals surface area contributed by atoms with Crippen LogP contribution in [0.15, 0.2) is 58.5 Å². The number of nitrogens with zero attached hydrogens (tertiary/aromatic N) is 1. The van der Waals surface area contributed by atoms with Gasteiger partial charge in [0.15, 0.2) is 0 Å². The van der Waals surface area contributed by atoms with Gasteiger partial charge in [-0.1, -0.05) is 42.5 Å². The zero-order valence-electron chi connectivity index (χ0n) is 11.4. The number of rotatable bonds is 4. The van der Waals surface area contributed by atoms with Gasteiger partial charge in [-0.3, -0.25) is 0 Å². The summed E-state index contributed by atoms with van der Waals surface area (Å²) in [6.07, 6.45) is 1.47. The third-order valence-corrected chi connectivity index (χ3v) is 4.18. The molecule has 0 aliphatic heterocycles. The summed E-state index contributed by atoms with van der Waals surface area (Å²) < 4.78 is 24.3. The summed E-state index contributed by atoms with van der Waals surface area (Å²) in [7, 11) is -3.63. The van der Waals surface area contributed by atoms with Crippen LogP contribution in [-0.2, 0) is 10.0 Å². The fourth-order valence-electron chi connectivity index (χ4n) is 1.76. The van der Waals surface area contributed by atoms with E-state index < -0.39 is 10.0 Å². The Morgan fingerprint density at radius 1 is 1.05 bits per heavy atom. The smallest absolute Gasteiger partial charge is 0.200 e. The Morgan fingerprint density at radius 3 is 2.45 bits per heavy atom. The molecular weight excluding hydrogens is 272 g/mol. The molecule has 0 spiro atoms. The molecule has 0 unspecified atom stereocenters. The second-order valence-electron chi connectivity index (χ2n) is 4.53. The molecule has 5 heteroatoms. The number of nitrogens with one attached hydrogen (secondary N) is 1. The van der Waals surface area contributed by atoms with Crippen molar-refractivity contribution < 1.29 is 8.42 Å². The molecule has 0 amide bonds. The molecule has 0 aliphatic rings. The Balaban J connectivity index is 2.20. The van der Waals surface area contributed by atoms with Crippen LogP contribution in [0.1, 0.15) is 16.7 Å². The third kappa shape index (κ3) is 3.45. The van der Waals surface area contributed by atoms with Gasteiger partial charge in [0.2, 0.25) is 0 Å². The van der Waals surface area contributed by atoms with Crippen LogP contribution < -0.4 is 4.83 Å². The van der Waals surface area contributed by atoms with Crippen molar-refractivity contribution in [2.24, 2.45) is 5.10 Å². The lowest BCUT2D eigenvalue weighted by molar-refractivity contribution is 0.584. The van der Waals surface area contributed by atoms with Gasteiger partial charge in [-0.05, 0) is 36.6 Å². The first-order chi connectivity index (χ1) is 9.49. The zero-order chi connectivity index (χ0) is 14.6. The molecule has 0 bridgehead atoms. The van der Waals surface area contributed by atoms with Crippen LogP contribution >= 0.6 is 0 Å². The first-order valence-corrected chi connectivity index (χ1v) is 7.64.